The van der Waals surface area contributed by atoms with Gasteiger partial charge in [0.1, 0.15) is 0 Å². The molecule has 0 radical (unpaired) electrons. The number of amides is 1. The molecule has 1 unspecified atom stereocenters. The quantitative estimate of drug-likeness (QED) is 0.526. The lowest BCUT2D eigenvalue weighted by molar-refractivity contribution is -0.385. The summed E-state index contributed by atoms with van der Waals surface area (Å²) in [7, 11) is 0. The number of carbonyl (C=O) groups excluding carboxylic acids is 1. The number of benzene rings is 1. The van der Waals surface area contributed by atoms with Crippen LogP contribution in [0.4, 0.5) is 11.4 Å². The van der Waals surface area contributed by atoms with E-state index in [4.69, 9.17) is 11.6 Å². The fourth-order valence-electron chi connectivity index (χ4n) is 1.07. The molecule has 0 aliphatic heterocycles. The van der Waals surface area contributed by atoms with Gasteiger partial charge in [0.2, 0.25) is 5.91 Å². The van der Waals surface area contributed by atoms with E-state index in [1.54, 1.807) is 13.0 Å². The van der Waals surface area contributed by atoms with E-state index >= 15 is 0 Å². The normalized spacial score (nSPS) is 11.9. The zero-order valence-corrected chi connectivity index (χ0v) is 11.3. The zero-order valence-electron chi connectivity index (χ0n) is 8.94. The topological polar surface area (TPSA) is 72.2 Å². The van der Waals surface area contributed by atoms with Crippen molar-refractivity contribution in [2.45, 2.75) is 6.92 Å². The van der Waals surface area contributed by atoms with Crippen LogP contribution < -0.4 is 5.32 Å². The van der Waals surface area contributed by atoms with E-state index in [0.29, 0.717) is 10.2 Å². The zero-order chi connectivity index (χ0) is 13.0. The summed E-state index contributed by atoms with van der Waals surface area (Å²) in [4.78, 5) is 21.7. The van der Waals surface area contributed by atoms with Crippen molar-refractivity contribution in [3.63, 3.8) is 0 Å². The van der Waals surface area contributed by atoms with Crippen molar-refractivity contribution >= 4 is 44.8 Å². The summed E-state index contributed by atoms with van der Waals surface area (Å²) in [6, 6.07) is 4.39. The van der Waals surface area contributed by atoms with Gasteiger partial charge in [0.25, 0.3) is 5.69 Å². The van der Waals surface area contributed by atoms with Crippen LogP contribution in [-0.4, -0.2) is 16.7 Å². The maximum absolute atomic E-state index is 11.5. The first-order valence-corrected chi connectivity index (χ1v) is 6.09. The van der Waals surface area contributed by atoms with Crippen LogP contribution >= 0.6 is 27.5 Å². The molecular weight excluding hydrogens is 311 g/mol. The Morgan fingerprint density at radius 1 is 1.65 bits per heavy atom. The van der Waals surface area contributed by atoms with E-state index in [1.807, 2.05) is 0 Å². The van der Waals surface area contributed by atoms with E-state index in [9.17, 15) is 14.9 Å². The molecule has 0 bridgehead atoms. The molecule has 0 aromatic heterocycles. The lowest BCUT2D eigenvalue weighted by Gasteiger charge is -2.09. The van der Waals surface area contributed by atoms with Crippen LogP contribution in [0.25, 0.3) is 0 Å². The minimum atomic E-state index is -0.523. The molecule has 0 fully saturated rings. The molecule has 0 heterocycles. The molecule has 1 aromatic carbocycles. The standard InChI is InChI=1S/C10H10BrClN2O3/c1-6(5-12)10(15)13-7-2-3-8(11)9(4-7)14(16)17/h2-4,6H,5H2,1H3,(H,13,15). The SMILES string of the molecule is CC(CCl)C(=O)Nc1ccc(Br)c([N+](=O)[O-])c1. The van der Waals surface area contributed by atoms with Crippen molar-refractivity contribution in [1.29, 1.82) is 0 Å². The lowest BCUT2D eigenvalue weighted by Crippen LogP contribution is -2.21. The van der Waals surface area contributed by atoms with Crippen LogP contribution in [0.3, 0.4) is 0 Å². The van der Waals surface area contributed by atoms with Gasteiger partial charge in [-0.3, -0.25) is 14.9 Å². The minimum Gasteiger partial charge on any atom is -0.326 e. The maximum atomic E-state index is 11.5. The van der Waals surface area contributed by atoms with Gasteiger partial charge in [-0.1, -0.05) is 6.92 Å². The van der Waals surface area contributed by atoms with Gasteiger partial charge in [-0.2, -0.15) is 0 Å². The van der Waals surface area contributed by atoms with E-state index in [1.165, 1.54) is 12.1 Å². The first-order valence-electron chi connectivity index (χ1n) is 4.76. The van der Waals surface area contributed by atoms with Crippen LogP contribution in [0.2, 0.25) is 0 Å². The second kappa shape index (κ2) is 5.97. The number of carbonyl (C=O) groups is 1. The number of nitro groups is 1. The highest BCUT2D eigenvalue weighted by molar-refractivity contribution is 9.10. The van der Waals surface area contributed by atoms with Crippen molar-refractivity contribution in [1.82, 2.24) is 0 Å². The Labute approximate surface area is 111 Å². The first-order chi connectivity index (χ1) is 7.95. The van der Waals surface area contributed by atoms with Crippen LogP contribution in [-0.2, 0) is 4.79 Å². The number of hydrogen-bond donors (Lipinski definition) is 1. The van der Waals surface area contributed by atoms with E-state index in [2.05, 4.69) is 21.2 Å². The predicted octanol–water partition coefficient (Wildman–Crippen LogP) is 3.17. The second-order valence-corrected chi connectivity index (χ2v) is 4.63. The molecule has 0 saturated carbocycles. The van der Waals surface area contributed by atoms with Crippen LogP contribution in [0.1, 0.15) is 6.92 Å². The van der Waals surface area contributed by atoms with Crippen LogP contribution in [0.15, 0.2) is 22.7 Å². The fourth-order valence-corrected chi connectivity index (χ4v) is 1.60. The van der Waals surface area contributed by atoms with Crippen molar-refractivity contribution < 1.29 is 9.72 Å². The Bertz CT molecular complexity index is 453. The fraction of sp³-hybridized carbons (Fsp3) is 0.300. The van der Waals surface area contributed by atoms with Gasteiger partial charge in [-0.05, 0) is 28.1 Å². The first kappa shape index (κ1) is 13.9. The lowest BCUT2D eigenvalue weighted by atomic mass is 10.2. The van der Waals surface area contributed by atoms with Crippen molar-refractivity contribution in [2.24, 2.45) is 5.92 Å². The number of rotatable bonds is 4. The summed E-state index contributed by atoms with van der Waals surface area (Å²) in [5.41, 5.74) is 0.281. The number of nitrogens with zero attached hydrogens (tertiary/aromatic N) is 1. The van der Waals surface area contributed by atoms with Crippen LogP contribution in [0.5, 0.6) is 0 Å². The minimum absolute atomic E-state index is 0.0960. The van der Waals surface area contributed by atoms with Crippen LogP contribution in [0, 0.1) is 16.0 Å². The largest absolute Gasteiger partial charge is 0.326 e. The van der Waals surface area contributed by atoms with Gasteiger partial charge in [-0.25, -0.2) is 0 Å². The van der Waals surface area contributed by atoms with E-state index in [0.717, 1.165) is 0 Å². The predicted molar refractivity (Wildman–Crippen MR) is 69.3 cm³/mol. The van der Waals surface area contributed by atoms with Gasteiger partial charge >= 0.3 is 0 Å². The summed E-state index contributed by atoms with van der Waals surface area (Å²) in [5, 5.41) is 13.3. The Morgan fingerprint density at radius 2 is 2.29 bits per heavy atom. The van der Waals surface area contributed by atoms with Crippen molar-refractivity contribution in [3.05, 3.63) is 32.8 Å². The van der Waals surface area contributed by atoms with Gasteiger partial charge < -0.3 is 5.32 Å². The monoisotopic (exact) mass is 320 g/mol. The van der Waals surface area contributed by atoms with Crippen molar-refractivity contribution in [2.75, 3.05) is 11.2 Å². The van der Waals surface area contributed by atoms with Gasteiger partial charge in [0.15, 0.2) is 0 Å². The van der Waals surface area contributed by atoms with Gasteiger partial charge in [-0.15, -0.1) is 11.6 Å². The molecular formula is C10H10BrClN2O3. The molecule has 1 rings (SSSR count). The highest BCUT2D eigenvalue weighted by Crippen LogP contribution is 2.27. The molecule has 0 saturated heterocycles. The maximum Gasteiger partial charge on any atom is 0.285 e. The molecule has 7 heteroatoms. The molecule has 1 atom stereocenters. The number of anilines is 1. The molecule has 5 nitrogen and oxygen atoms in total. The number of nitro benzene ring substituents is 1. The smallest absolute Gasteiger partial charge is 0.285 e. The highest BCUT2D eigenvalue weighted by Gasteiger charge is 2.15. The molecule has 0 aliphatic carbocycles. The number of hydrogen-bond acceptors (Lipinski definition) is 3. The molecule has 1 aromatic rings. The molecule has 0 aliphatic rings. The Hall–Kier alpha value is -1.14. The highest BCUT2D eigenvalue weighted by atomic mass is 79.9. The Morgan fingerprint density at radius 3 is 2.82 bits per heavy atom. The summed E-state index contributed by atoms with van der Waals surface area (Å²) in [6.07, 6.45) is 0. The molecule has 0 spiro atoms. The third kappa shape index (κ3) is 3.67. The molecule has 1 N–H and O–H groups in total. The number of halogens is 2. The third-order valence-electron chi connectivity index (χ3n) is 2.09. The number of nitrogens with one attached hydrogen (secondary N) is 1. The average molecular weight is 322 g/mol. The van der Waals surface area contributed by atoms with E-state index < -0.39 is 4.92 Å². The third-order valence-corrected chi connectivity index (χ3v) is 3.22. The van der Waals surface area contributed by atoms with E-state index in [-0.39, 0.29) is 23.4 Å². The van der Waals surface area contributed by atoms with Gasteiger partial charge in [0, 0.05) is 23.6 Å². The molecule has 92 valence electrons. The average Bonchev–Trinajstić information content (AvgIpc) is 2.30. The van der Waals surface area contributed by atoms with Gasteiger partial charge in [0.05, 0.1) is 9.40 Å². The second-order valence-electron chi connectivity index (χ2n) is 3.47. The molecule has 17 heavy (non-hydrogen) atoms. The Kier molecular flexibility index (Phi) is 4.89. The summed E-state index contributed by atoms with van der Waals surface area (Å²) < 4.78 is 0.367. The van der Waals surface area contributed by atoms with Crippen molar-refractivity contribution in [3.8, 4) is 0 Å². The number of alkyl halides is 1. The Balaban J connectivity index is 2.90. The molecule has 1 amide bonds. The summed E-state index contributed by atoms with van der Waals surface area (Å²) >= 11 is 8.61. The summed E-state index contributed by atoms with van der Waals surface area (Å²) in [6.45, 7) is 1.68. The summed E-state index contributed by atoms with van der Waals surface area (Å²) in [5.74, 6) is -0.416.